The third kappa shape index (κ3) is 6.88. The van der Waals surface area contributed by atoms with Crippen molar-refractivity contribution < 1.29 is 13.2 Å². The summed E-state index contributed by atoms with van der Waals surface area (Å²) in [5.74, 6) is 0.250. The lowest BCUT2D eigenvalue weighted by molar-refractivity contribution is -0.150. The smallest absolute Gasteiger partial charge is 0.314 e. The van der Waals surface area contributed by atoms with E-state index in [-0.39, 0.29) is 12.0 Å². The van der Waals surface area contributed by atoms with Crippen LogP contribution in [0.5, 0.6) is 0 Å². The number of halogens is 3. The third-order valence-corrected chi connectivity index (χ3v) is 2.99. The molecule has 1 atom stereocenters. The fourth-order valence-corrected chi connectivity index (χ4v) is 1.81. The molecule has 17 heavy (non-hydrogen) atoms. The Morgan fingerprint density at radius 3 is 2.24 bits per heavy atom. The number of nitrogens with zero attached hydrogens (tertiary/aromatic N) is 1. The standard InChI is InChI=1S/C12H23F3N2/c1-9(2)17(8-12(13,14)15)7-10(3)6-16-11-4-5-11/h9-11,16H,4-8H2,1-3H3. The molecule has 0 aromatic rings. The van der Waals surface area contributed by atoms with Gasteiger partial charge in [-0.2, -0.15) is 13.2 Å². The molecule has 1 aliphatic rings. The second kappa shape index (κ2) is 6.05. The highest BCUT2D eigenvalue weighted by Gasteiger charge is 2.32. The van der Waals surface area contributed by atoms with Gasteiger partial charge < -0.3 is 5.32 Å². The van der Waals surface area contributed by atoms with Crippen molar-refractivity contribution in [3.05, 3.63) is 0 Å². The Morgan fingerprint density at radius 1 is 1.24 bits per heavy atom. The highest BCUT2D eigenvalue weighted by molar-refractivity contribution is 4.82. The van der Waals surface area contributed by atoms with Crippen molar-refractivity contribution in [2.24, 2.45) is 5.92 Å². The van der Waals surface area contributed by atoms with Crippen LogP contribution in [0.25, 0.3) is 0 Å². The lowest BCUT2D eigenvalue weighted by atomic mass is 10.1. The zero-order chi connectivity index (χ0) is 13.1. The quantitative estimate of drug-likeness (QED) is 0.749. The second-order valence-corrected chi connectivity index (χ2v) is 5.43. The van der Waals surface area contributed by atoms with E-state index >= 15 is 0 Å². The van der Waals surface area contributed by atoms with Crippen LogP contribution in [0.15, 0.2) is 0 Å². The number of rotatable bonds is 7. The maximum atomic E-state index is 12.4. The Morgan fingerprint density at radius 2 is 1.82 bits per heavy atom. The summed E-state index contributed by atoms with van der Waals surface area (Å²) >= 11 is 0. The Labute approximate surface area is 102 Å². The van der Waals surface area contributed by atoms with Crippen LogP contribution >= 0.6 is 0 Å². The Bertz CT molecular complexity index is 224. The van der Waals surface area contributed by atoms with E-state index in [4.69, 9.17) is 0 Å². The maximum absolute atomic E-state index is 12.4. The topological polar surface area (TPSA) is 15.3 Å². The number of alkyl halides is 3. The van der Waals surface area contributed by atoms with Gasteiger partial charge in [-0.1, -0.05) is 6.92 Å². The van der Waals surface area contributed by atoms with E-state index in [0.29, 0.717) is 12.6 Å². The normalized spacial score (nSPS) is 19.1. The van der Waals surface area contributed by atoms with E-state index in [0.717, 1.165) is 6.54 Å². The van der Waals surface area contributed by atoms with Gasteiger partial charge in [0, 0.05) is 18.6 Å². The third-order valence-electron chi connectivity index (χ3n) is 2.99. The molecule has 1 N–H and O–H groups in total. The van der Waals surface area contributed by atoms with E-state index < -0.39 is 12.7 Å². The molecule has 1 unspecified atom stereocenters. The van der Waals surface area contributed by atoms with E-state index in [1.807, 2.05) is 20.8 Å². The summed E-state index contributed by atoms with van der Waals surface area (Å²) in [7, 11) is 0. The largest absolute Gasteiger partial charge is 0.401 e. The molecule has 0 radical (unpaired) electrons. The molecule has 0 amide bonds. The predicted octanol–water partition coefficient (Wildman–Crippen LogP) is 2.65. The fraction of sp³-hybridized carbons (Fsp3) is 1.00. The van der Waals surface area contributed by atoms with Gasteiger partial charge in [0.25, 0.3) is 0 Å². The molecule has 2 nitrogen and oxygen atoms in total. The van der Waals surface area contributed by atoms with Crippen LogP contribution < -0.4 is 5.32 Å². The molecule has 1 aliphatic carbocycles. The average molecular weight is 252 g/mol. The first-order valence-corrected chi connectivity index (χ1v) is 6.32. The van der Waals surface area contributed by atoms with Crippen LogP contribution in [0, 0.1) is 5.92 Å². The fourth-order valence-electron chi connectivity index (χ4n) is 1.81. The minimum Gasteiger partial charge on any atom is -0.314 e. The highest BCUT2D eigenvalue weighted by atomic mass is 19.4. The summed E-state index contributed by atoms with van der Waals surface area (Å²) < 4.78 is 37.1. The van der Waals surface area contributed by atoms with Gasteiger partial charge in [-0.25, -0.2) is 0 Å². The molecule has 0 aromatic heterocycles. The van der Waals surface area contributed by atoms with Gasteiger partial charge in [-0.05, 0) is 39.2 Å². The van der Waals surface area contributed by atoms with Gasteiger partial charge in [0.2, 0.25) is 0 Å². The second-order valence-electron chi connectivity index (χ2n) is 5.43. The van der Waals surface area contributed by atoms with Crippen LogP contribution in [-0.2, 0) is 0 Å². The van der Waals surface area contributed by atoms with Crippen LogP contribution in [-0.4, -0.2) is 42.8 Å². The van der Waals surface area contributed by atoms with Gasteiger partial charge in [0.05, 0.1) is 6.54 Å². The van der Waals surface area contributed by atoms with Crippen LogP contribution in [0.1, 0.15) is 33.6 Å². The first kappa shape index (κ1) is 14.8. The SMILES string of the molecule is CC(CNC1CC1)CN(CC(F)(F)F)C(C)C. The van der Waals surface area contributed by atoms with Crippen LogP contribution in [0.4, 0.5) is 13.2 Å². The monoisotopic (exact) mass is 252 g/mol. The molecule has 0 spiro atoms. The van der Waals surface area contributed by atoms with Gasteiger partial charge in [0.1, 0.15) is 0 Å². The molecule has 102 valence electrons. The van der Waals surface area contributed by atoms with Crippen molar-refractivity contribution in [1.29, 1.82) is 0 Å². The van der Waals surface area contributed by atoms with Crippen LogP contribution in [0.2, 0.25) is 0 Å². The Balaban J connectivity index is 2.30. The lowest BCUT2D eigenvalue weighted by Gasteiger charge is -2.30. The molecule has 0 bridgehead atoms. The summed E-state index contributed by atoms with van der Waals surface area (Å²) in [4.78, 5) is 1.50. The summed E-state index contributed by atoms with van der Waals surface area (Å²) in [6, 6.07) is 0.549. The summed E-state index contributed by atoms with van der Waals surface area (Å²) in [6.45, 7) is 6.13. The number of nitrogens with one attached hydrogen (secondary N) is 1. The van der Waals surface area contributed by atoms with Crippen molar-refractivity contribution in [2.75, 3.05) is 19.6 Å². The molecule has 0 saturated heterocycles. The molecule has 1 saturated carbocycles. The summed E-state index contributed by atoms with van der Waals surface area (Å²) in [6.07, 6.45) is -1.68. The van der Waals surface area contributed by atoms with Crippen molar-refractivity contribution >= 4 is 0 Å². The molecule has 1 rings (SSSR count). The zero-order valence-corrected chi connectivity index (χ0v) is 10.8. The molecular weight excluding hydrogens is 229 g/mol. The molecule has 1 fully saturated rings. The van der Waals surface area contributed by atoms with E-state index in [1.54, 1.807) is 0 Å². The van der Waals surface area contributed by atoms with E-state index in [9.17, 15) is 13.2 Å². The predicted molar refractivity (Wildman–Crippen MR) is 63.0 cm³/mol. The summed E-state index contributed by atoms with van der Waals surface area (Å²) in [5.41, 5.74) is 0. The molecule has 0 aliphatic heterocycles. The highest BCUT2D eigenvalue weighted by Crippen LogP contribution is 2.20. The zero-order valence-electron chi connectivity index (χ0n) is 10.8. The van der Waals surface area contributed by atoms with Gasteiger partial charge in [-0.15, -0.1) is 0 Å². The van der Waals surface area contributed by atoms with E-state index in [2.05, 4.69) is 5.32 Å². The van der Waals surface area contributed by atoms with E-state index in [1.165, 1.54) is 17.7 Å². The van der Waals surface area contributed by atoms with Crippen molar-refractivity contribution in [3.8, 4) is 0 Å². The van der Waals surface area contributed by atoms with Crippen LogP contribution in [0.3, 0.4) is 0 Å². The Hall–Kier alpha value is -0.290. The minimum atomic E-state index is -4.10. The number of hydrogen-bond donors (Lipinski definition) is 1. The molecule has 5 heteroatoms. The lowest BCUT2D eigenvalue weighted by Crippen LogP contribution is -2.43. The minimum absolute atomic E-state index is 0.0694. The van der Waals surface area contributed by atoms with Gasteiger partial charge in [0.15, 0.2) is 0 Å². The van der Waals surface area contributed by atoms with Crippen molar-refractivity contribution in [2.45, 2.75) is 51.9 Å². The average Bonchev–Trinajstić information content (AvgIpc) is 2.94. The molecule has 0 aromatic carbocycles. The van der Waals surface area contributed by atoms with Crippen molar-refractivity contribution in [3.63, 3.8) is 0 Å². The van der Waals surface area contributed by atoms with Crippen molar-refractivity contribution in [1.82, 2.24) is 10.2 Å². The molecular formula is C12H23F3N2. The first-order valence-electron chi connectivity index (χ1n) is 6.32. The number of hydrogen-bond acceptors (Lipinski definition) is 2. The molecule has 0 heterocycles. The Kier molecular flexibility index (Phi) is 5.25. The maximum Gasteiger partial charge on any atom is 0.401 e. The first-order chi connectivity index (χ1) is 7.78. The summed E-state index contributed by atoms with van der Waals surface area (Å²) in [5, 5.41) is 3.36. The van der Waals surface area contributed by atoms with Gasteiger partial charge in [-0.3, -0.25) is 4.90 Å². The van der Waals surface area contributed by atoms with Gasteiger partial charge >= 0.3 is 6.18 Å².